The van der Waals surface area contributed by atoms with Crippen molar-refractivity contribution in [1.29, 1.82) is 0 Å². The van der Waals surface area contributed by atoms with Gasteiger partial charge in [0.1, 0.15) is 0 Å². The van der Waals surface area contributed by atoms with Gasteiger partial charge in [-0.25, -0.2) is 8.78 Å². The molecule has 4 rings (SSSR count). The second-order valence-electron chi connectivity index (χ2n) is 6.26. The van der Waals surface area contributed by atoms with Crippen LogP contribution in [0.3, 0.4) is 0 Å². The van der Waals surface area contributed by atoms with Gasteiger partial charge in [-0.2, -0.15) is 0 Å². The van der Waals surface area contributed by atoms with E-state index in [4.69, 9.17) is 11.6 Å². The third-order valence-corrected chi connectivity index (χ3v) is 5.89. The van der Waals surface area contributed by atoms with Crippen LogP contribution in [-0.2, 0) is 13.0 Å². The van der Waals surface area contributed by atoms with Crippen LogP contribution >= 0.6 is 22.9 Å². The van der Waals surface area contributed by atoms with Crippen molar-refractivity contribution in [2.45, 2.75) is 13.0 Å². The number of halogens is 3. The molecule has 0 saturated carbocycles. The van der Waals surface area contributed by atoms with E-state index in [-0.39, 0.29) is 10.6 Å². The summed E-state index contributed by atoms with van der Waals surface area (Å²) in [6, 6.07) is 11.2. The number of nitrogens with one attached hydrogen (secondary N) is 1. The summed E-state index contributed by atoms with van der Waals surface area (Å²) >= 11 is 7.68. The summed E-state index contributed by atoms with van der Waals surface area (Å²) in [6.45, 7) is 1.60. The van der Waals surface area contributed by atoms with E-state index in [9.17, 15) is 13.6 Å². The molecule has 3 nitrogen and oxygen atoms in total. The fourth-order valence-electron chi connectivity index (χ4n) is 3.20. The van der Waals surface area contributed by atoms with Crippen LogP contribution in [0.15, 0.2) is 47.8 Å². The lowest BCUT2D eigenvalue weighted by atomic mass is 10.1. The fourth-order valence-corrected chi connectivity index (χ4v) is 4.32. The Bertz CT molecular complexity index is 1020. The van der Waals surface area contributed by atoms with E-state index in [0.29, 0.717) is 5.69 Å². The van der Waals surface area contributed by atoms with Crippen LogP contribution in [0.4, 0.5) is 20.2 Å². The van der Waals surface area contributed by atoms with Crippen molar-refractivity contribution in [2.24, 2.45) is 0 Å². The second-order valence-corrected chi connectivity index (χ2v) is 7.67. The van der Waals surface area contributed by atoms with Crippen molar-refractivity contribution in [2.75, 3.05) is 16.8 Å². The highest BCUT2D eigenvalue weighted by Gasteiger charge is 2.21. The lowest BCUT2D eigenvalue weighted by molar-refractivity contribution is 0.102. The number of anilines is 2. The molecule has 0 bridgehead atoms. The molecule has 0 saturated heterocycles. The van der Waals surface area contributed by atoms with E-state index >= 15 is 0 Å². The van der Waals surface area contributed by atoms with E-state index in [2.05, 4.69) is 21.7 Å². The monoisotopic (exact) mass is 404 g/mol. The van der Waals surface area contributed by atoms with Crippen molar-refractivity contribution in [3.63, 3.8) is 0 Å². The Morgan fingerprint density at radius 3 is 2.78 bits per heavy atom. The largest absolute Gasteiger partial charge is 0.365 e. The van der Waals surface area contributed by atoms with E-state index in [1.54, 1.807) is 17.4 Å². The summed E-state index contributed by atoms with van der Waals surface area (Å²) in [6.07, 6.45) is 0.949. The third kappa shape index (κ3) is 3.55. The first-order chi connectivity index (χ1) is 13.0. The zero-order valence-electron chi connectivity index (χ0n) is 14.1. The predicted molar refractivity (Wildman–Crippen MR) is 105 cm³/mol. The van der Waals surface area contributed by atoms with E-state index in [0.717, 1.165) is 37.3 Å². The number of nitrogens with zero attached hydrogens (tertiary/aromatic N) is 1. The number of carbonyl (C=O) groups excluding carboxylic acids is 1. The smallest absolute Gasteiger partial charge is 0.257 e. The number of rotatable bonds is 3. The van der Waals surface area contributed by atoms with Gasteiger partial charge in [-0.1, -0.05) is 23.7 Å². The zero-order valence-corrected chi connectivity index (χ0v) is 15.7. The molecule has 1 aliphatic rings. The van der Waals surface area contributed by atoms with Gasteiger partial charge in [0.15, 0.2) is 11.6 Å². The lowest BCUT2D eigenvalue weighted by Crippen LogP contribution is -2.30. The molecule has 2 heterocycles. The molecule has 0 fully saturated rings. The van der Waals surface area contributed by atoms with Crippen LogP contribution in [0.2, 0.25) is 5.02 Å². The molecule has 0 atom stereocenters. The molecule has 1 aromatic heterocycles. The first kappa shape index (κ1) is 17.9. The third-order valence-electron chi connectivity index (χ3n) is 4.56. The quantitative estimate of drug-likeness (QED) is 0.585. The highest BCUT2D eigenvalue weighted by molar-refractivity contribution is 7.10. The first-order valence-corrected chi connectivity index (χ1v) is 9.64. The van der Waals surface area contributed by atoms with E-state index in [1.807, 2.05) is 18.2 Å². The Hall–Kier alpha value is -2.44. The van der Waals surface area contributed by atoms with Crippen molar-refractivity contribution in [3.8, 4) is 0 Å². The Morgan fingerprint density at radius 1 is 1.15 bits per heavy atom. The number of thiophene rings is 1. The van der Waals surface area contributed by atoms with Crippen LogP contribution in [0, 0.1) is 11.6 Å². The summed E-state index contributed by atoms with van der Waals surface area (Å²) in [5.41, 5.74) is 2.66. The van der Waals surface area contributed by atoms with Crippen LogP contribution < -0.4 is 10.2 Å². The van der Waals surface area contributed by atoms with Crippen molar-refractivity contribution in [1.82, 2.24) is 0 Å². The molecule has 3 aromatic rings. The molecule has 0 spiro atoms. The van der Waals surface area contributed by atoms with Crippen molar-refractivity contribution >= 4 is 40.2 Å². The van der Waals surface area contributed by atoms with Gasteiger partial charge < -0.3 is 10.2 Å². The lowest BCUT2D eigenvalue weighted by Gasteiger charge is -2.30. The molecule has 1 amide bonds. The first-order valence-electron chi connectivity index (χ1n) is 8.38. The molecule has 0 aliphatic carbocycles. The van der Waals surface area contributed by atoms with E-state index < -0.39 is 17.5 Å². The van der Waals surface area contributed by atoms with E-state index in [1.165, 1.54) is 10.4 Å². The number of fused-ring (bicyclic) bond motifs is 1. The molecule has 27 heavy (non-hydrogen) atoms. The number of para-hydroxylation sites is 2. The van der Waals surface area contributed by atoms with Gasteiger partial charge in [-0.05, 0) is 47.7 Å². The topological polar surface area (TPSA) is 32.3 Å². The Morgan fingerprint density at radius 2 is 1.93 bits per heavy atom. The minimum atomic E-state index is -1.11. The maximum Gasteiger partial charge on any atom is 0.257 e. The minimum absolute atomic E-state index is 0.107. The van der Waals surface area contributed by atoms with Crippen LogP contribution in [-0.4, -0.2) is 12.5 Å². The zero-order chi connectivity index (χ0) is 19.0. The van der Waals surface area contributed by atoms with Crippen molar-refractivity contribution < 1.29 is 13.6 Å². The normalized spacial score (nSPS) is 13.4. The summed E-state index contributed by atoms with van der Waals surface area (Å²) in [7, 11) is 0. The van der Waals surface area contributed by atoms with Crippen LogP contribution in [0.1, 0.15) is 20.8 Å². The molecule has 1 aliphatic heterocycles. The summed E-state index contributed by atoms with van der Waals surface area (Å²) in [5.74, 6) is -2.78. The molecule has 2 aromatic carbocycles. The molecule has 7 heteroatoms. The van der Waals surface area contributed by atoms with Gasteiger partial charge in [-0.3, -0.25) is 4.79 Å². The number of amides is 1. The average molecular weight is 405 g/mol. The second kappa shape index (κ2) is 7.29. The molecular formula is C20H15ClF2N2OS. The summed E-state index contributed by atoms with van der Waals surface area (Å²) in [5, 5.41) is 4.73. The number of hydrogen-bond donors (Lipinski definition) is 1. The van der Waals surface area contributed by atoms with Gasteiger partial charge in [0, 0.05) is 18.0 Å². The number of carbonyl (C=O) groups is 1. The molecule has 0 radical (unpaired) electrons. The molecule has 0 unspecified atom stereocenters. The molecule has 1 N–H and O–H groups in total. The van der Waals surface area contributed by atoms with Crippen LogP contribution in [0.25, 0.3) is 0 Å². The Labute approximate surface area is 164 Å². The highest BCUT2D eigenvalue weighted by Crippen LogP contribution is 2.33. The minimum Gasteiger partial charge on any atom is -0.365 e. The van der Waals surface area contributed by atoms with Crippen LogP contribution in [0.5, 0.6) is 0 Å². The van der Waals surface area contributed by atoms with Gasteiger partial charge in [-0.15, -0.1) is 11.3 Å². The number of hydrogen-bond acceptors (Lipinski definition) is 3. The molecular weight excluding hydrogens is 390 g/mol. The van der Waals surface area contributed by atoms with Gasteiger partial charge in [0.05, 0.1) is 22.0 Å². The predicted octanol–water partition coefficient (Wildman–Crippen LogP) is 5.49. The fraction of sp³-hybridized carbons (Fsp3) is 0.150. The van der Waals surface area contributed by atoms with Crippen molar-refractivity contribution in [3.05, 3.63) is 80.5 Å². The van der Waals surface area contributed by atoms with Gasteiger partial charge >= 0.3 is 0 Å². The SMILES string of the molecule is O=C(Nc1ccccc1N1CCc2sccc2C1)c1cc(F)c(F)cc1Cl. The van der Waals surface area contributed by atoms with Gasteiger partial charge in [0.25, 0.3) is 5.91 Å². The highest BCUT2D eigenvalue weighted by atomic mass is 35.5. The van der Waals surface area contributed by atoms with Gasteiger partial charge in [0.2, 0.25) is 0 Å². The maximum absolute atomic E-state index is 13.5. The summed E-state index contributed by atoms with van der Waals surface area (Å²) < 4.78 is 26.8. The average Bonchev–Trinajstić information content (AvgIpc) is 3.13. The maximum atomic E-state index is 13.5. The Kier molecular flexibility index (Phi) is 4.85. The summed E-state index contributed by atoms with van der Waals surface area (Å²) in [4.78, 5) is 16.2. The Balaban J connectivity index is 1.61. The number of benzene rings is 2. The molecule has 138 valence electrons. The standard InChI is InChI=1S/C20H15ClF2N2OS/c21-14-10-16(23)15(22)9-13(14)20(26)24-17-3-1-2-4-18(17)25-7-5-19-12(11-25)6-8-27-19/h1-4,6,8-10H,5,7,11H2,(H,24,26).